The Bertz CT molecular complexity index is 1810. The summed E-state index contributed by atoms with van der Waals surface area (Å²) in [7, 11) is -4.20. The number of hydrogen-bond acceptors (Lipinski definition) is 5. The zero-order valence-electron chi connectivity index (χ0n) is 20.7. The average molecular weight is 569 g/mol. The van der Waals surface area contributed by atoms with E-state index in [0.717, 1.165) is 24.3 Å². The van der Waals surface area contributed by atoms with Crippen LogP contribution in [0.15, 0.2) is 102 Å². The smallest absolute Gasteiger partial charge is 0.416 e. The van der Waals surface area contributed by atoms with Crippen LogP contribution >= 0.6 is 0 Å². The first-order valence-electron chi connectivity index (χ1n) is 11.8. The van der Waals surface area contributed by atoms with Gasteiger partial charge < -0.3 is 9.47 Å². The molecule has 0 saturated carbocycles. The number of fused-ring (bicyclic) bond motifs is 1. The van der Waals surface area contributed by atoms with Crippen molar-refractivity contribution < 1.29 is 35.5 Å². The molecule has 0 saturated heterocycles. The molecule has 0 fully saturated rings. The van der Waals surface area contributed by atoms with Gasteiger partial charge in [0, 0.05) is 29.3 Å². The van der Waals surface area contributed by atoms with Crippen molar-refractivity contribution in [2.75, 3.05) is 4.72 Å². The molecule has 1 N–H and O–H groups in total. The van der Waals surface area contributed by atoms with Crippen molar-refractivity contribution in [3.05, 3.63) is 114 Å². The van der Waals surface area contributed by atoms with Gasteiger partial charge in [0.25, 0.3) is 10.0 Å². The molecule has 0 aliphatic heterocycles. The van der Waals surface area contributed by atoms with Crippen molar-refractivity contribution in [1.82, 2.24) is 4.98 Å². The highest BCUT2D eigenvalue weighted by Gasteiger charge is 2.31. The molecule has 0 amide bonds. The fraction of sp³-hybridized carbons (Fsp3) is 0.0690. The van der Waals surface area contributed by atoms with Gasteiger partial charge in [0.05, 0.1) is 21.7 Å². The third-order valence-electron chi connectivity index (χ3n) is 5.73. The van der Waals surface area contributed by atoms with E-state index < -0.39 is 27.6 Å². The van der Waals surface area contributed by atoms with Crippen LogP contribution in [-0.2, 0) is 16.2 Å². The molecule has 0 atom stereocenters. The molecule has 0 radical (unpaired) electrons. The van der Waals surface area contributed by atoms with Gasteiger partial charge in [0.15, 0.2) is 5.82 Å². The van der Waals surface area contributed by atoms with Crippen LogP contribution in [-0.4, -0.2) is 13.4 Å². The minimum Gasteiger partial charge on any atom is -0.457 e. The van der Waals surface area contributed by atoms with E-state index in [0.29, 0.717) is 11.4 Å². The molecule has 0 aliphatic carbocycles. The van der Waals surface area contributed by atoms with Crippen LogP contribution in [0.5, 0.6) is 23.0 Å². The Balaban J connectivity index is 1.38. The number of alkyl halides is 3. The first-order chi connectivity index (χ1) is 19.0. The minimum absolute atomic E-state index is 0.0385. The van der Waals surface area contributed by atoms with E-state index in [1.54, 1.807) is 37.3 Å². The molecule has 204 valence electrons. The highest BCUT2D eigenvalue weighted by Crippen LogP contribution is 2.36. The lowest BCUT2D eigenvalue weighted by molar-refractivity contribution is -0.137. The summed E-state index contributed by atoms with van der Waals surface area (Å²) >= 11 is 0. The number of halogens is 4. The second-order valence-corrected chi connectivity index (χ2v) is 10.4. The van der Waals surface area contributed by atoms with Crippen LogP contribution in [0.1, 0.15) is 11.3 Å². The lowest BCUT2D eigenvalue weighted by atomic mass is 10.1. The van der Waals surface area contributed by atoms with Crippen molar-refractivity contribution in [2.24, 2.45) is 0 Å². The number of benzene rings is 4. The molecule has 0 bridgehead atoms. The molecule has 4 aromatic carbocycles. The quantitative estimate of drug-likeness (QED) is 0.201. The largest absolute Gasteiger partial charge is 0.457 e. The number of hydrogen-bond donors (Lipinski definition) is 1. The Hall–Kier alpha value is -4.64. The summed E-state index contributed by atoms with van der Waals surface area (Å²) in [5.74, 6) is -0.186. The number of aromatic nitrogens is 1. The Morgan fingerprint density at radius 1 is 0.775 bits per heavy atom. The summed E-state index contributed by atoms with van der Waals surface area (Å²) in [6.07, 6.45) is -4.57. The van der Waals surface area contributed by atoms with Gasteiger partial charge in [-0.15, -0.1) is 0 Å². The van der Waals surface area contributed by atoms with Gasteiger partial charge in [-0.05, 0) is 61.5 Å². The van der Waals surface area contributed by atoms with E-state index in [1.165, 1.54) is 36.4 Å². The molecule has 6 nitrogen and oxygen atoms in total. The molecular weight excluding hydrogens is 548 g/mol. The van der Waals surface area contributed by atoms with Gasteiger partial charge in [-0.1, -0.05) is 24.3 Å². The molecule has 0 spiro atoms. The molecule has 40 heavy (non-hydrogen) atoms. The van der Waals surface area contributed by atoms with Gasteiger partial charge in [-0.25, -0.2) is 12.8 Å². The number of ether oxygens (including phenoxy) is 2. The standard InChI is InChI=1S/C29H20F4N2O4S/c1-18-14-28(24-15-19(29(31,32)33)10-12-26(24)34-18)39-22-11-13-27(25(30)17-22)35-40(36,37)23-9-5-8-21(16-23)38-20-6-3-2-4-7-20/h2-17,35H,1H3. The Kier molecular flexibility index (Phi) is 7.07. The molecule has 5 aromatic rings. The summed E-state index contributed by atoms with van der Waals surface area (Å²) in [6.45, 7) is 1.64. The summed E-state index contributed by atoms with van der Waals surface area (Å²) in [6, 6.07) is 22.4. The van der Waals surface area contributed by atoms with E-state index in [-0.39, 0.29) is 38.7 Å². The number of pyridine rings is 1. The second-order valence-electron chi connectivity index (χ2n) is 8.73. The highest BCUT2D eigenvalue weighted by molar-refractivity contribution is 7.92. The SMILES string of the molecule is Cc1cc(Oc2ccc(NS(=O)(=O)c3cccc(Oc4ccccc4)c3)c(F)c2)c2cc(C(F)(F)F)ccc2n1. The van der Waals surface area contributed by atoms with Crippen LogP contribution < -0.4 is 14.2 Å². The van der Waals surface area contributed by atoms with Crippen molar-refractivity contribution in [3.63, 3.8) is 0 Å². The van der Waals surface area contributed by atoms with E-state index in [1.807, 2.05) is 6.07 Å². The predicted molar refractivity (Wildman–Crippen MR) is 142 cm³/mol. The van der Waals surface area contributed by atoms with E-state index in [4.69, 9.17) is 9.47 Å². The molecule has 1 heterocycles. The predicted octanol–water partition coefficient (Wildman–Crippen LogP) is 8.09. The maximum atomic E-state index is 15.0. The van der Waals surface area contributed by atoms with Crippen LogP contribution in [0, 0.1) is 12.7 Å². The van der Waals surface area contributed by atoms with Crippen molar-refractivity contribution in [3.8, 4) is 23.0 Å². The molecule has 0 aliphatic rings. The molecule has 5 rings (SSSR count). The molecule has 0 unspecified atom stereocenters. The van der Waals surface area contributed by atoms with Gasteiger partial charge >= 0.3 is 6.18 Å². The summed E-state index contributed by atoms with van der Waals surface area (Å²) in [5, 5.41) is 0.0863. The zero-order chi connectivity index (χ0) is 28.5. The number of nitrogens with one attached hydrogen (secondary N) is 1. The van der Waals surface area contributed by atoms with Crippen LogP contribution in [0.4, 0.5) is 23.2 Å². The van der Waals surface area contributed by atoms with Crippen LogP contribution in [0.3, 0.4) is 0 Å². The topological polar surface area (TPSA) is 77.5 Å². The number of aryl methyl sites for hydroxylation is 1. The average Bonchev–Trinajstić information content (AvgIpc) is 2.90. The van der Waals surface area contributed by atoms with E-state index in [2.05, 4.69) is 9.71 Å². The first kappa shape index (κ1) is 26.9. The van der Waals surface area contributed by atoms with E-state index in [9.17, 15) is 26.0 Å². The molecule has 1 aromatic heterocycles. The van der Waals surface area contributed by atoms with E-state index >= 15 is 0 Å². The van der Waals surface area contributed by atoms with Crippen molar-refractivity contribution in [1.29, 1.82) is 0 Å². The summed E-state index contributed by atoms with van der Waals surface area (Å²) < 4.78 is 94.3. The third-order valence-corrected chi connectivity index (χ3v) is 7.10. The third kappa shape index (κ3) is 5.99. The number of anilines is 1. The lowest BCUT2D eigenvalue weighted by Crippen LogP contribution is -2.14. The summed E-state index contributed by atoms with van der Waals surface area (Å²) in [5.41, 5.74) is -0.488. The maximum absolute atomic E-state index is 15.0. The number of sulfonamides is 1. The van der Waals surface area contributed by atoms with Gasteiger partial charge in [0.2, 0.25) is 0 Å². The Morgan fingerprint density at radius 2 is 1.50 bits per heavy atom. The Morgan fingerprint density at radius 3 is 2.23 bits per heavy atom. The van der Waals surface area contributed by atoms with Crippen LogP contribution in [0.2, 0.25) is 0 Å². The minimum atomic E-state index is -4.57. The van der Waals surface area contributed by atoms with Gasteiger partial charge in [0.1, 0.15) is 23.0 Å². The number of nitrogens with zero attached hydrogens (tertiary/aromatic N) is 1. The van der Waals surface area contributed by atoms with Crippen molar-refractivity contribution >= 4 is 26.6 Å². The van der Waals surface area contributed by atoms with Gasteiger partial charge in [-0.2, -0.15) is 13.2 Å². The number of para-hydroxylation sites is 1. The fourth-order valence-corrected chi connectivity index (χ4v) is 4.99. The zero-order valence-corrected chi connectivity index (χ0v) is 21.6. The Labute approximate surface area is 226 Å². The fourth-order valence-electron chi connectivity index (χ4n) is 3.88. The van der Waals surface area contributed by atoms with Crippen LogP contribution in [0.25, 0.3) is 10.9 Å². The highest BCUT2D eigenvalue weighted by atomic mass is 32.2. The summed E-state index contributed by atoms with van der Waals surface area (Å²) in [4.78, 5) is 4.07. The monoisotopic (exact) mass is 568 g/mol. The molecule has 11 heteroatoms. The second kappa shape index (κ2) is 10.5. The van der Waals surface area contributed by atoms with Crippen molar-refractivity contribution in [2.45, 2.75) is 18.0 Å². The van der Waals surface area contributed by atoms with Gasteiger partial charge in [-0.3, -0.25) is 9.71 Å². The number of rotatable bonds is 7. The maximum Gasteiger partial charge on any atom is 0.416 e. The molecular formula is C29H20F4N2O4S. The first-order valence-corrected chi connectivity index (χ1v) is 13.3. The normalized spacial score (nSPS) is 11.8. The lowest BCUT2D eigenvalue weighted by Gasteiger charge is -2.14.